The lowest BCUT2D eigenvalue weighted by Crippen LogP contribution is -2.22. The Kier molecular flexibility index (Phi) is 9.55. The molecule has 0 spiro atoms. The number of likely N-dealkylation sites (tertiary alicyclic amines) is 1. The zero-order chi connectivity index (χ0) is 32.0. The van der Waals surface area contributed by atoms with E-state index in [1.54, 1.807) is 36.5 Å². The van der Waals surface area contributed by atoms with Gasteiger partial charge in [0.2, 0.25) is 5.95 Å². The van der Waals surface area contributed by atoms with Crippen molar-refractivity contribution in [3.05, 3.63) is 102 Å². The summed E-state index contributed by atoms with van der Waals surface area (Å²) in [7, 11) is 0. The standard InChI is InChI=1S/C34H32F3N7OS/c1-2-38-34-43-30(22-7-5-8-23(19-22)40-32(45)29-25(35)9-6-10-26(29)36)31(46-34)28-13-15-39-33(42-28)41-24-12-11-21(27(37)20-24)14-18-44-16-3-4-17-44/h5-13,15,19-20H,2-4,14,16-18H2,1H3,(H,38,43)(H,40,45)(H,39,41,42). The van der Waals surface area contributed by atoms with Crippen molar-refractivity contribution in [1.29, 1.82) is 0 Å². The number of amides is 1. The topological polar surface area (TPSA) is 95.1 Å². The zero-order valence-electron chi connectivity index (χ0n) is 25.1. The molecule has 0 atom stereocenters. The maximum atomic E-state index is 15.0. The fraction of sp³-hybridized carbons (Fsp3) is 0.235. The number of hydrogen-bond donors (Lipinski definition) is 3. The maximum absolute atomic E-state index is 15.0. The van der Waals surface area contributed by atoms with Crippen LogP contribution in [0.25, 0.3) is 21.8 Å². The van der Waals surface area contributed by atoms with Crippen LogP contribution in [0, 0.1) is 17.5 Å². The van der Waals surface area contributed by atoms with Gasteiger partial charge in [0, 0.05) is 36.2 Å². The maximum Gasteiger partial charge on any atom is 0.261 e. The van der Waals surface area contributed by atoms with Crippen molar-refractivity contribution in [3.8, 4) is 21.8 Å². The van der Waals surface area contributed by atoms with Crippen LogP contribution in [0.3, 0.4) is 0 Å². The van der Waals surface area contributed by atoms with Crippen molar-refractivity contribution in [2.75, 3.05) is 42.1 Å². The minimum absolute atomic E-state index is 0.273. The number of carbonyl (C=O) groups is 1. The van der Waals surface area contributed by atoms with Crippen LogP contribution in [0.5, 0.6) is 0 Å². The number of hydrogen-bond acceptors (Lipinski definition) is 8. The molecule has 3 N–H and O–H groups in total. The van der Waals surface area contributed by atoms with Crippen LogP contribution >= 0.6 is 11.3 Å². The van der Waals surface area contributed by atoms with E-state index in [0.717, 1.165) is 36.6 Å². The summed E-state index contributed by atoms with van der Waals surface area (Å²) in [5, 5.41) is 9.59. The molecule has 1 aliphatic heterocycles. The Labute approximate surface area is 268 Å². The molecule has 12 heteroatoms. The molecule has 0 bridgehead atoms. The van der Waals surface area contributed by atoms with E-state index in [9.17, 15) is 18.0 Å². The van der Waals surface area contributed by atoms with E-state index in [1.165, 1.54) is 36.3 Å². The SMILES string of the molecule is CCNc1nc(-c2cccc(NC(=O)c3c(F)cccc3F)c2)c(-c2ccnc(Nc3ccc(CCN4CCCC4)c(F)c3)n2)s1. The molecule has 1 aliphatic rings. The molecule has 5 aromatic rings. The summed E-state index contributed by atoms with van der Waals surface area (Å²) in [6, 6.07) is 17.0. The molecule has 236 valence electrons. The molecular weight excluding hydrogens is 611 g/mol. The molecular formula is C34H32F3N7OS. The first-order valence-corrected chi connectivity index (χ1v) is 15.9. The monoisotopic (exact) mass is 643 g/mol. The Morgan fingerprint density at radius 1 is 0.913 bits per heavy atom. The lowest BCUT2D eigenvalue weighted by atomic mass is 10.1. The summed E-state index contributed by atoms with van der Waals surface area (Å²) >= 11 is 1.40. The number of benzene rings is 3. The average molecular weight is 644 g/mol. The van der Waals surface area contributed by atoms with E-state index in [2.05, 4.69) is 25.8 Å². The largest absolute Gasteiger partial charge is 0.362 e. The molecule has 6 rings (SSSR count). The Bertz CT molecular complexity index is 1840. The number of halogens is 3. The second-order valence-electron chi connectivity index (χ2n) is 10.9. The summed E-state index contributed by atoms with van der Waals surface area (Å²) in [4.78, 5) is 29.6. The van der Waals surface area contributed by atoms with Gasteiger partial charge >= 0.3 is 0 Å². The quantitative estimate of drug-likeness (QED) is 0.136. The second-order valence-corrected chi connectivity index (χ2v) is 11.9. The van der Waals surface area contributed by atoms with E-state index in [1.807, 2.05) is 19.1 Å². The van der Waals surface area contributed by atoms with Crippen LogP contribution in [0.2, 0.25) is 0 Å². The summed E-state index contributed by atoms with van der Waals surface area (Å²) in [6.45, 7) is 5.60. The van der Waals surface area contributed by atoms with Gasteiger partial charge in [-0.25, -0.2) is 28.1 Å². The average Bonchev–Trinajstić information content (AvgIpc) is 3.72. The van der Waals surface area contributed by atoms with Crippen molar-refractivity contribution in [2.45, 2.75) is 26.2 Å². The van der Waals surface area contributed by atoms with Crippen LogP contribution in [-0.4, -0.2) is 51.9 Å². The summed E-state index contributed by atoms with van der Waals surface area (Å²) in [6.07, 6.45) is 4.68. The van der Waals surface area contributed by atoms with E-state index in [4.69, 9.17) is 9.97 Å². The smallest absolute Gasteiger partial charge is 0.261 e. The van der Waals surface area contributed by atoms with Gasteiger partial charge in [0.05, 0.1) is 16.3 Å². The highest BCUT2D eigenvalue weighted by Gasteiger charge is 2.20. The number of rotatable bonds is 11. The van der Waals surface area contributed by atoms with Gasteiger partial charge < -0.3 is 20.9 Å². The third-order valence-electron chi connectivity index (χ3n) is 7.63. The summed E-state index contributed by atoms with van der Waals surface area (Å²) in [5.74, 6) is -2.78. The molecule has 0 saturated carbocycles. The Morgan fingerprint density at radius 3 is 2.46 bits per heavy atom. The van der Waals surface area contributed by atoms with Gasteiger partial charge in [-0.3, -0.25) is 4.79 Å². The lowest BCUT2D eigenvalue weighted by Gasteiger charge is -2.15. The van der Waals surface area contributed by atoms with Crippen LogP contribution < -0.4 is 16.0 Å². The molecule has 3 heterocycles. The molecule has 1 fully saturated rings. The van der Waals surface area contributed by atoms with Gasteiger partial charge in [-0.2, -0.15) is 0 Å². The molecule has 0 unspecified atom stereocenters. The first kappa shape index (κ1) is 31.2. The predicted octanol–water partition coefficient (Wildman–Crippen LogP) is 7.75. The van der Waals surface area contributed by atoms with Gasteiger partial charge in [-0.15, -0.1) is 0 Å². The number of nitrogens with one attached hydrogen (secondary N) is 3. The fourth-order valence-electron chi connectivity index (χ4n) is 5.36. The molecule has 8 nitrogen and oxygen atoms in total. The molecule has 46 heavy (non-hydrogen) atoms. The first-order valence-electron chi connectivity index (χ1n) is 15.1. The Morgan fingerprint density at radius 2 is 1.70 bits per heavy atom. The third kappa shape index (κ3) is 7.19. The normalized spacial score (nSPS) is 13.1. The highest BCUT2D eigenvalue weighted by molar-refractivity contribution is 7.19. The third-order valence-corrected chi connectivity index (χ3v) is 8.67. The van der Waals surface area contributed by atoms with Crippen LogP contribution in [0.15, 0.2) is 72.9 Å². The van der Waals surface area contributed by atoms with E-state index in [0.29, 0.717) is 57.9 Å². The highest BCUT2D eigenvalue weighted by atomic mass is 32.1. The van der Waals surface area contributed by atoms with Crippen molar-refractivity contribution >= 4 is 39.7 Å². The molecule has 0 radical (unpaired) electrons. The molecule has 0 aliphatic carbocycles. The van der Waals surface area contributed by atoms with Gasteiger partial charge in [-0.1, -0.05) is 35.6 Å². The first-order chi connectivity index (χ1) is 22.4. The van der Waals surface area contributed by atoms with Gasteiger partial charge in [0.15, 0.2) is 5.13 Å². The molecule has 1 saturated heterocycles. The van der Waals surface area contributed by atoms with E-state index >= 15 is 0 Å². The number of thiazole rings is 1. The van der Waals surface area contributed by atoms with Crippen molar-refractivity contribution in [1.82, 2.24) is 19.9 Å². The van der Waals surface area contributed by atoms with E-state index < -0.39 is 23.1 Å². The minimum atomic E-state index is -0.949. The predicted molar refractivity (Wildman–Crippen MR) is 176 cm³/mol. The molecule has 3 aromatic carbocycles. The zero-order valence-corrected chi connectivity index (χ0v) is 25.9. The Hall–Kier alpha value is -4.81. The van der Waals surface area contributed by atoms with Gasteiger partial charge in [0.1, 0.15) is 23.0 Å². The Balaban J connectivity index is 1.23. The fourth-order valence-corrected chi connectivity index (χ4v) is 6.38. The van der Waals surface area contributed by atoms with Crippen molar-refractivity contribution < 1.29 is 18.0 Å². The van der Waals surface area contributed by atoms with Crippen molar-refractivity contribution in [2.24, 2.45) is 0 Å². The lowest BCUT2D eigenvalue weighted by molar-refractivity contribution is 0.101. The number of aromatic nitrogens is 3. The molecule has 1 amide bonds. The van der Waals surface area contributed by atoms with Crippen molar-refractivity contribution in [3.63, 3.8) is 0 Å². The summed E-state index contributed by atoms with van der Waals surface area (Å²) in [5.41, 5.74) is 2.72. The summed E-state index contributed by atoms with van der Waals surface area (Å²) < 4.78 is 43.4. The molecule has 2 aromatic heterocycles. The van der Waals surface area contributed by atoms with Crippen LogP contribution in [0.4, 0.5) is 35.6 Å². The van der Waals surface area contributed by atoms with Crippen LogP contribution in [0.1, 0.15) is 35.7 Å². The number of anilines is 4. The van der Waals surface area contributed by atoms with Crippen LogP contribution in [-0.2, 0) is 6.42 Å². The van der Waals surface area contributed by atoms with E-state index in [-0.39, 0.29) is 5.82 Å². The highest BCUT2D eigenvalue weighted by Crippen LogP contribution is 2.39. The van der Waals surface area contributed by atoms with Gasteiger partial charge in [0.25, 0.3) is 5.91 Å². The number of nitrogens with zero attached hydrogens (tertiary/aromatic N) is 4. The van der Waals surface area contributed by atoms with Gasteiger partial charge in [-0.05, 0) is 87.3 Å². The minimum Gasteiger partial charge on any atom is -0.362 e. The number of carbonyl (C=O) groups excluding carboxylic acids is 1. The second kappa shape index (κ2) is 14.1.